The Balaban J connectivity index is 1.52. The van der Waals surface area contributed by atoms with E-state index in [0.717, 1.165) is 35.4 Å². The molecule has 1 saturated heterocycles. The summed E-state index contributed by atoms with van der Waals surface area (Å²) in [6, 6.07) is 17.5. The summed E-state index contributed by atoms with van der Waals surface area (Å²) in [7, 11) is 0. The number of piperidine rings is 1. The van der Waals surface area contributed by atoms with Crippen LogP contribution in [-0.2, 0) is 4.79 Å². The zero-order valence-electron chi connectivity index (χ0n) is 18.3. The van der Waals surface area contributed by atoms with E-state index in [0.29, 0.717) is 24.3 Å². The van der Waals surface area contributed by atoms with Crippen molar-refractivity contribution in [1.29, 1.82) is 0 Å². The Kier molecular flexibility index (Phi) is 6.30. The van der Waals surface area contributed by atoms with Gasteiger partial charge in [0.1, 0.15) is 5.82 Å². The van der Waals surface area contributed by atoms with E-state index in [2.05, 4.69) is 11.4 Å². The SMILES string of the molecule is CC(=O)Nc1ccc(C(=O)N2CCCC(c3cc(-c4ccc(F)cc4)cc(C)n3)C2)cc1. The van der Waals surface area contributed by atoms with Gasteiger partial charge in [-0.15, -0.1) is 0 Å². The van der Waals surface area contributed by atoms with E-state index < -0.39 is 0 Å². The molecule has 1 atom stereocenters. The van der Waals surface area contributed by atoms with Gasteiger partial charge in [-0.2, -0.15) is 0 Å². The van der Waals surface area contributed by atoms with Crippen molar-refractivity contribution in [3.05, 3.63) is 83.4 Å². The first kappa shape index (κ1) is 21.7. The first-order valence-electron chi connectivity index (χ1n) is 10.8. The van der Waals surface area contributed by atoms with Gasteiger partial charge in [0.2, 0.25) is 5.91 Å². The fraction of sp³-hybridized carbons (Fsp3) is 0.269. The lowest BCUT2D eigenvalue weighted by molar-refractivity contribution is -0.114. The van der Waals surface area contributed by atoms with Crippen LogP contribution in [0.25, 0.3) is 11.1 Å². The molecule has 1 aliphatic heterocycles. The monoisotopic (exact) mass is 431 g/mol. The van der Waals surface area contributed by atoms with Crippen molar-refractivity contribution in [2.75, 3.05) is 18.4 Å². The summed E-state index contributed by atoms with van der Waals surface area (Å²) in [4.78, 5) is 30.9. The number of carbonyl (C=O) groups is 2. The lowest BCUT2D eigenvalue weighted by atomic mass is 9.92. The Labute approximate surface area is 187 Å². The maximum Gasteiger partial charge on any atom is 0.253 e. The van der Waals surface area contributed by atoms with Gasteiger partial charge >= 0.3 is 0 Å². The molecule has 1 unspecified atom stereocenters. The molecule has 0 saturated carbocycles. The molecule has 5 nitrogen and oxygen atoms in total. The Hall–Kier alpha value is -3.54. The van der Waals surface area contributed by atoms with Crippen LogP contribution in [-0.4, -0.2) is 34.8 Å². The van der Waals surface area contributed by atoms with Gasteiger partial charge in [-0.25, -0.2) is 4.39 Å². The van der Waals surface area contributed by atoms with Gasteiger partial charge in [-0.1, -0.05) is 12.1 Å². The van der Waals surface area contributed by atoms with Crippen molar-refractivity contribution < 1.29 is 14.0 Å². The minimum Gasteiger partial charge on any atom is -0.338 e. The molecule has 1 aliphatic rings. The van der Waals surface area contributed by atoms with Crippen LogP contribution in [0.3, 0.4) is 0 Å². The molecule has 0 bridgehead atoms. The number of nitrogens with zero attached hydrogens (tertiary/aromatic N) is 2. The summed E-state index contributed by atoms with van der Waals surface area (Å²) in [5, 5.41) is 2.71. The summed E-state index contributed by atoms with van der Waals surface area (Å²) in [5.74, 6) is -0.277. The zero-order chi connectivity index (χ0) is 22.7. The van der Waals surface area contributed by atoms with Crippen molar-refractivity contribution in [3.8, 4) is 11.1 Å². The third-order valence-corrected chi connectivity index (χ3v) is 5.73. The zero-order valence-corrected chi connectivity index (χ0v) is 18.3. The standard InChI is InChI=1S/C26H26FN3O2/c1-17-14-22(19-5-9-23(27)10-6-19)15-25(28-17)21-4-3-13-30(16-21)26(32)20-7-11-24(12-8-20)29-18(2)31/h5-12,14-15,21H,3-4,13,16H2,1-2H3,(H,29,31). The minimum absolute atomic E-state index is 0.0181. The molecule has 1 aromatic heterocycles. The van der Waals surface area contributed by atoms with Crippen molar-refractivity contribution in [2.24, 2.45) is 0 Å². The molecule has 1 N–H and O–H groups in total. The van der Waals surface area contributed by atoms with Gasteiger partial charge in [0.05, 0.1) is 0 Å². The number of aryl methyl sites for hydroxylation is 1. The molecule has 6 heteroatoms. The molecule has 4 rings (SSSR count). The smallest absolute Gasteiger partial charge is 0.253 e. The highest BCUT2D eigenvalue weighted by atomic mass is 19.1. The summed E-state index contributed by atoms with van der Waals surface area (Å²) >= 11 is 0. The number of rotatable bonds is 4. The molecule has 2 amide bonds. The molecule has 0 radical (unpaired) electrons. The number of hydrogen-bond acceptors (Lipinski definition) is 3. The fourth-order valence-electron chi connectivity index (χ4n) is 4.20. The van der Waals surface area contributed by atoms with E-state index in [1.807, 2.05) is 17.9 Å². The molecule has 1 fully saturated rings. The second-order valence-corrected chi connectivity index (χ2v) is 8.28. The predicted octanol–water partition coefficient (Wildman–Crippen LogP) is 5.17. The number of halogens is 1. The number of likely N-dealkylation sites (tertiary alicyclic amines) is 1. The maximum atomic E-state index is 13.3. The third kappa shape index (κ3) is 5.02. The van der Waals surface area contributed by atoms with Crippen LogP contribution in [0.2, 0.25) is 0 Å². The molecule has 164 valence electrons. The number of aromatic nitrogens is 1. The van der Waals surface area contributed by atoms with E-state index in [-0.39, 0.29) is 23.5 Å². The van der Waals surface area contributed by atoms with E-state index in [4.69, 9.17) is 4.98 Å². The molecule has 3 aromatic rings. The quantitative estimate of drug-likeness (QED) is 0.620. The second kappa shape index (κ2) is 9.30. The number of carbonyl (C=O) groups excluding carboxylic acids is 2. The average Bonchev–Trinajstić information content (AvgIpc) is 2.79. The van der Waals surface area contributed by atoms with Gasteiger partial charge in [0, 0.05) is 48.6 Å². The van der Waals surface area contributed by atoms with Crippen LogP contribution in [0.5, 0.6) is 0 Å². The maximum absolute atomic E-state index is 13.3. The third-order valence-electron chi connectivity index (χ3n) is 5.73. The largest absolute Gasteiger partial charge is 0.338 e. The topological polar surface area (TPSA) is 62.3 Å². The molecule has 32 heavy (non-hydrogen) atoms. The minimum atomic E-state index is -0.258. The average molecular weight is 432 g/mol. The van der Waals surface area contributed by atoms with Crippen molar-refractivity contribution >= 4 is 17.5 Å². The first-order chi connectivity index (χ1) is 15.4. The highest BCUT2D eigenvalue weighted by Crippen LogP contribution is 2.30. The molecular formula is C26H26FN3O2. The van der Waals surface area contributed by atoms with Crippen molar-refractivity contribution in [3.63, 3.8) is 0 Å². The Morgan fingerprint density at radius 2 is 1.75 bits per heavy atom. The number of benzene rings is 2. The summed E-state index contributed by atoms with van der Waals surface area (Å²) < 4.78 is 13.3. The van der Waals surface area contributed by atoms with Crippen LogP contribution < -0.4 is 5.32 Å². The number of hydrogen-bond donors (Lipinski definition) is 1. The van der Waals surface area contributed by atoms with Crippen LogP contribution in [0, 0.1) is 12.7 Å². The molecular weight excluding hydrogens is 405 g/mol. The van der Waals surface area contributed by atoms with Gasteiger partial charge in [-0.05, 0) is 79.4 Å². The normalized spacial score (nSPS) is 16.0. The van der Waals surface area contributed by atoms with Crippen molar-refractivity contribution in [1.82, 2.24) is 9.88 Å². The summed E-state index contributed by atoms with van der Waals surface area (Å²) in [6.07, 6.45) is 1.87. The van der Waals surface area contributed by atoms with Gasteiger partial charge in [0.15, 0.2) is 0 Å². The molecule has 2 heterocycles. The highest BCUT2D eigenvalue weighted by molar-refractivity contribution is 5.95. The predicted molar refractivity (Wildman–Crippen MR) is 123 cm³/mol. The van der Waals surface area contributed by atoms with Crippen LogP contribution >= 0.6 is 0 Å². The van der Waals surface area contributed by atoms with Gasteiger partial charge in [-0.3, -0.25) is 14.6 Å². The van der Waals surface area contributed by atoms with Crippen LogP contribution in [0.15, 0.2) is 60.7 Å². The van der Waals surface area contributed by atoms with E-state index in [1.54, 1.807) is 36.4 Å². The molecule has 2 aromatic carbocycles. The van der Waals surface area contributed by atoms with Crippen LogP contribution in [0.4, 0.5) is 10.1 Å². The van der Waals surface area contributed by atoms with E-state index >= 15 is 0 Å². The van der Waals surface area contributed by atoms with Gasteiger partial charge < -0.3 is 10.2 Å². The van der Waals surface area contributed by atoms with Crippen LogP contribution in [0.1, 0.15) is 47.4 Å². The van der Waals surface area contributed by atoms with E-state index in [9.17, 15) is 14.0 Å². The number of amides is 2. The second-order valence-electron chi connectivity index (χ2n) is 8.28. The van der Waals surface area contributed by atoms with E-state index in [1.165, 1.54) is 19.1 Å². The Bertz CT molecular complexity index is 1130. The number of nitrogens with one attached hydrogen (secondary N) is 1. The lowest BCUT2D eigenvalue weighted by Gasteiger charge is -2.33. The summed E-state index contributed by atoms with van der Waals surface area (Å²) in [5.41, 5.74) is 5.08. The van der Waals surface area contributed by atoms with Crippen molar-refractivity contribution in [2.45, 2.75) is 32.6 Å². The molecule has 0 spiro atoms. The molecule has 0 aliphatic carbocycles. The number of pyridine rings is 1. The fourth-order valence-corrected chi connectivity index (χ4v) is 4.20. The first-order valence-corrected chi connectivity index (χ1v) is 10.8. The summed E-state index contributed by atoms with van der Waals surface area (Å²) in [6.45, 7) is 4.72. The van der Waals surface area contributed by atoms with Gasteiger partial charge in [0.25, 0.3) is 5.91 Å². The Morgan fingerprint density at radius 3 is 2.44 bits per heavy atom. The number of anilines is 1. The highest BCUT2D eigenvalue weighted by Gasteiger charge is 2.26. The lowest BCUT2D eigenvalue weighted by Crippen LogP contribution is -2.39. The Morgan fingerprint density at radius 1 is 1.03 bits per heavy atom.